The Kier molecular flexibility index (Phi) is 5.37. The summed E-state index contributed by atoms with van der Waals surface area (Å²) in [5.74, 6) is -0.319. The van der Waals surface area contributed by atoms with Crippen LogP contribution in [0.1, 0.15) is 16.1 Å². The van der Waals surface area contributed by atoms with Crippen molar-refractivity contribution >= 4 is 28.3 Å². The second-order valence-electron chi connectivity index (χ2n) is 5.22. The maximum atomic E-state index is 12.4. The summed E-state index contributed by atoms with van der Waals surface area (Å²) in [6.45, 7) is 0. The molecule has 7 heteroatoms. The van der Waals surface area contributed by atoms with Crippen molar-refractivity contribution in [3.8, 4) is 6.07 Å². The molecule has 0 bridgehead atoms. The Hall–Kier alpha value is -3.50. The van der Waals surface area contributed by atoms with E-state index in [-0.39, 0.29) is 5.91 Å². The molecule has 0 aliphatic heterocycles. The quantitative estimate of drug-likeness (QED) is 0.728. The number of rotatable bonds is 5. The summed E-state index contributed by atoms with van der Waals surface area (Å²) in [5, 5.41) is 11.8. The van der Waals surface area contributed by atoms with E-state index < -0.39 is 11.0 Å². The van der Waals surface area contributed by atoms with Gasteiger partial charge in [0.2, 0.25) is 0 Å². The van der Waals surface area contributed by atoms with Crippen molar-refractivity contribution in [2.45, 2.75) is 4.90 Å². The number of pyridine rings is 1. The lowest BCUT2D eigenvalue weighted by Gasteiger charge is -2.09. The molecular weight excluding hydrogens is 348 g/mol. The van der Waals surface area contributed by atoms with Gasteiger partial charge in [0, 0.05) is 11.9 Å². The summed E-state index contributed by atoms with van der Waals surface area (Å²) < 4.78 is 15.2. The van der Waals surface area contributed by atoms with E-state index in [1.807, 2.05) is 6.07 Å². The fraction of sp³-hybridized carbons (Fsp3) is 0. The van der Waals surface area contributed by atoms with Gasteiger partial charge < -0.3 is 5.32 Å². The van der Waals surface area contributed by atoms with Crippen LogP contribution >= 0.6 is 0 Å². The lowest BCUT2D eigenvalue weighted by atomic mass is 10.2. The van der Waals surface area contributed by atoms with Crippen molar-refractivity contribution in [3.63, 3.8) is 0 Å². The highest BCUT2D eigenvalue weighted by Gasteiger charge is 2.09. The van der Waals surface area contributed by atoms with E-state index in [1.54, 1.807) is 72.9 Å². The van der Waals surface area contributed by atoms with Crippen molar-refractivity contribution in [3.05, 3.63) is 84.2 Å². The van der Waals surface area contributed by atoms with E-state index in [0.717, 1.165) is 0 Å². The molecule has 2 N–H and O–H groups in total. The first-order chi connectivity index (χ1) is 12.7. The van der Waals surface area contributed by atoms with Gasteiger partial charge in [-0.25, -0.2) is 4.21 Å². The van der Waals surface area contributed by atoms with Gasteiger partial charge in [-0.2, -0.15) is 5.26 Å². The molecule has 1 amide bonds. The maximum absolute atomic E-state index is 12.4. The number of amides is 1. The molecule has 1 atom stereocenters. The van der Waals surface area contributed by atoms with Crippen LogP contribution in [0.2, 0.25) is 0 Å². The van der Waals surface area contributed by atoms with Crippen molar-refractivity contribution < 1.29 is 9.00 Å². The molecule has 26 heavy (non-hydrogen) atoms. The fourth-order valence-corrected chi connectivity index (χ4v) is 3.06. The standard InChI is InChI=1S/C19H14N4O2S/c20-13-14-5-1-2-6-17(14)23-26(25)16-10-8-15(9-11-16)22-19(24)18-7-3-4-12-21-18/h1-12,23H,(H,22,24). The molecule has 0 radical (unpaired) electrons. The second kappa shape index (κ2) is 8.05. The number of anilines is 2. The number of nitrogens with zero attached hydrogens (tertiary/aromatic N) is 2. The maximum Gasteiger partial charge on any atom is 0.274 e. The minimum atomic E-state index is -1.53. The number of carbonyl (C=O) groups excluding carboxylic acids is 1. The second-order valence-corrected chi connectivity index (χ2v) is 6.43. The Bertz CT molecular complexity index is 982. The minimum Gasteiger partial charge on any atom is -0.321 e. The van der Waals surface area contributed by atoms with E-state index in [9.17, 15) is 9.00 Å². The zero-order valence-corrected chi connectivity index (χ0v) is 14.4. The summed E-state index contributed by atoms with van der Waals surface area (Å²) in [6, 6.07) is 20.6. The summed E-state index contributed by atoms with van der Waals surface area (Å²) in [6.07, 6.45) is 1.55. The number of nitriles is 1. The van der Waals surface area contributed by atoms with Crippen molar-refractivity contribution in [1.29, 1.82) is 5.26 Å². The molecule has 1 aromatic heterocycles. The van der Waals surface area contributed by atoms with Gasteiger partial charge >= 0.3 is 0 Å². The van der Waals surface area contributed by atoms with Crippen LogP contribution in [0.25, 0.3) is 0 Å². The summed E-state index contributed by atoms with van der Waals surface area (Å²) in [4.78, 5) is 16.6. The third-order valence-electron chi connectivity index (χ3n) is 3.47. The summed E-state index contributed by atoms with van der Waals surface area (Å²) in [5.41, 5.74) is 1.80. The first-order valence-electron chi connectivity index (χ1n) is 7.67. The Morgan fingerprint density at radius 2 is 1.73 bits per heavy atom. The van der Waals surface area contributed by atoms with Crippen LogP contribution in [0.4, 0.5) is 11.4 Å². The molecule has 128 valence electrons. The molecule has 3 rings (SSSR count). The zero-order valence-electron chi connectivity index (χ0n) is 13.5. The van der Waals surface area contributed by atoms with Crippen LogP contribution < -0.4 is 10.0 Å². The van der Waals surface area contributed by atoms with E-state index in [2.05, 4.69) is 15.0 Å². The lowest BCUT2D eigenvalue weighted by molar-refractivity contribution is 0.102. The third-order valence-corrected chi connectivity index (χ3v) is 4.58. The van der Waals surface area contributed by atoms with Crippen molar-refractivity contribution in [1.82, 2.24) is 4.98 Å². The van der Waals surface area contributed by atoms with E-state index in [0.29, 0.717) is 27.5 Å². The summed E-state index contributed by atoms with van der Waals surface area (Å²) in [7, 11) is -1.53. The molecule has 6 nitrogen and oxygen atoms in total. The van der Waals surface area contributed by atoms with Crippen LogP contribution in [-0.4, -0.2) is 15.1 Å². The first kappa shape index (κ1) is 17.3. The van der Waals surface area contributed by atoms with E-state index in [4.69, 9.17) is 5.26 Å². The van der Waals surface area contributed by atoms with Gasteiger partial charge in [0.15, 0.2) is 0 Å². The molecule has 1 heterocycles. The van der Waals surface area contributed by atoms with Crippen LogP contribution in [0.5, 0.6) is 0 Å². The summed E-state index contributed by atoms with van der Waals surface area (Å²) >= 11 is 0. The molecule has 0 saturated carbocycles. The fourth-order valence-electron chi connectivity index (χ4n) is 2.18. The molecular formula is C19H14N4O2S. The van der Waals surface area contributed by atoms with Gasteiger partial charge in [-0.15, -0.1) is 0 Å². The third kappa shape index (κ3) is 4.12. The topological polar surface area (TPSA) is 94.9 Å². The number of nitrogens with one attached hydrogen (secondary N) is 2. The van der Waals surface area contributed by atoms with Gasteiger partial charge in [0.05, 0.1) is 16.1 Å². The largest absolute Gasteiger partial charge is 0.321 e. The van der Waals surface area contributed by atoms with Gasteiger partial charge in [0.25, 0.3) is 5.91 Å². The molecule has 0 fully saturated rings. The number of carbonyl (C=O) groups is 1. The molecule has 0 saturated heterocycles. The Morgan fingerprint density at radius 3 is 2.42 bits per heavy atom. The molecule has 1 unspecified atom stereocenters. The molecule has 3 aromatic rings. The molecule has 0 aliphatic rings. The molecule has 2 aromatic carbocycles. The van der Waals surface area contributed by atoms with Gasteiger partial charge in [-0.3, -0.25) is 14.5 Å². The van der Waals surface area contributed by atoms with Crippen molar-refractivity contribution in [2.75, 3.05) is 10.0 Å². The predicted octanol–water partition coefficient (Wildman–Crippen LogP) is 3.34. The smallest absolute Gasteiger partial charge is 0.274 e. The van der Waals surface area contributed by atoms with E-state index in [1.165, 1.54) is 0 Å². The van der Waals surface area contributed by atoms with E-state index >= 15 is 0 Å². The number of benzene rings is 2. The predicted molar refractivity (Wildman–Crippen MR) is 99.8 cm³/mol. The Balaban J connectivity index is 1.68. The van der Waals surface area contributed by atoms with Crippen LogP contribution in [0.15, 0.2) is 77.8 Å². The Morgan fingerprint density at radius 1 is 1.00 bits per heavy atom. The zero-order chi connectivity index (χ0) is 18.4. The number of hydrogen-bond donors (Lipinski definition) is 2. The molecule has 0 aliphatic carbocycles. The lowest BCUT2D eigenvalue weighted by Crippen LogP contribution is -2.13. The van der Waals surface area contributed by atoms with Crippen molar-refractivity contribution in [2.24, 2.45) is 0 Å². The highest BCUT2D eigenvalue weighted by atomic mass is 32.2. The highest BCUT2D eigenvalue weighted by Crippen LogP contribution is 2.18. The van der Waals surface area contributed by atoms with Gasteiger partial charge in [-0.1, -0.05) is 18.2 Å². The Labute approximate surface area is 153 Å². The van der Waals surface area contributed by atoms with Crippen LogP contribution in [-0.2, 0) is 11.0 Å². The van der Waals surface area contributed by atoms with Crippen LogP contribution in [0.3, 0.4) is 0 Å². The average molecular weight is 362 g/mol. The number of para-hydroxylation sites is 1. The molecule has 0 spiro atoms. The minimum absolute atomic E-state index is 0.315. The van der Waals surface area contributed by atoms with Gasteiger partial charge in [-0.05, 0) is 48.5 Å². The monoisotopic (exact) mass is 362 g/mol. The van der Waals surface area contributed by atoms with Crippen LogP contribution in [0, 0.1) is 11.3 Å². The van der Waals surface area contributed by atoms with Gasteiger partial charge in [0.1, 0.15) is 22.7 Å². The number of hydrogen-bond acceptors (Lipinski definition) is 4. The first-order valence-corrected chi connectivity index (χ1v) is 8.82. The number of aromatic nitrogens is 1. The SMILES string of the molecule is N#Cc1ccccc1NS(=O)c1ccc(NC(=O)c2ccccn2)cc1. The average Bonchev–Trinajstić information content (AvgIpc) is 2.69. The highest BCUT2D eigenvalue weighted by molar-refractivity contribution is 7.86. The normalized spacial score (nSPS) is 11.2.